The molecule has 2 aliphatic heterocycles. The van der Waals surface area contributed by atoms with E-state index in [4.69, 9.17) is 11.6 Å². The Morgan fingerprint density at radius 3 is 2.48 bits per heavy atom. The lowest BCUT2D eigenvalue weighted by atomic mass is 9.92. The van der Waals surface area contributed by atoms with Gasteiger partial charge >= 0.3 is 0 Å². The number of carbonyl (C=O) groups excluding carboxylic acids is 1. The van der Waals surface area contributed by atoms with Crippen molar-refractivity contribution in [2.24, 2.45) is 0 Å². The predicted molar refractivity (Wildman–Crippen MR) is 106 cm³/mol. The van der Waals surface area contributed by atoms with E-state index < -0.39 is 10.0 Å². The molecule has 0 fully saturated rings. The third kappa shape index (κ3) is 3.74. The molecule has 4 rings (SSSR count). The van der Waals surface area contributed by atoms with Crippen molar-refractivity contribution in [3.63, 3.8) is 0 Å². The number of halogens is 1. The van der Waals surface area contributed by atoms with Crippen LogP contribution in [-0.2, 0) is 34.1 Å². The van der Waals surface area contributed by atoms with Crippen molar-refractivity contribution < 1.29 is 13.2 Å². The molecule has 0 bridgehead atoms. The average Bonchev–Trinajstić information content (AvgIpc) is 2.66. The zero-order chi connectivity index (χ0) is 19.0. The van der Waals surface area contributed by atoms with E-state index in [-0.39, 0.29) is 5.91 Å². The number of hydrogen-bond acceptors (Lipinski definition) is 3. The van der Waals surface area contributed by atoms with Gasteiger partial charge in [-0.2, -0.15) is 0 Å². The van der Waals surface area contributed by atoms with Crippen molar-refractivity contribution >= 4 is 33.2 Å². The molecule has 7 heteroatoms. The molecule has 0 saturated heterocycles. The summed E-state index contributed by atoms with van der Waals surface area (Å²) in [5.41, 5.74) is 3.89. The van der Waals surface area contributed by atoms with Crippen molar-refractivity contribution in [2.45, 2.75) is 37.0 Å². The van der Waals surface area contributed by atoms with Crippen LogP contribution in [0.4, 0.5) is 5.69 Å². The number of sulfonamides is 1. The minimum atomic E-state index is -3.59. The summed E-state index contributed by atoms with van der Waals surface area (Å²) in [4.78, 5) is 14.3. The van der Waals surface area contributed by atoms with Crippen LogP contribution in [0.5, 0.6) is 0 Å². The van der Waals surface area contributed by atoms with E-state index >= 15 is 0 Å². The lowest BCUT2D eigenvalue weighted by Gasteiger charge is -2.35. The molecule has 1 amide bonds. The third-order valence-electron chi connectivity index (χ3n) is 5.18. The van der Waals surface area contributed by atoms with Gasteiger partial charge in [0.05, 0.1) is 10.6 Å². The Balaban J connectivity index is 1.54. The van der Waals surface area contributed by atoms with E-state index in [1.807, 2.05) is 17.0 Å². The lowest BCUT2D eigenvalue weighted by molar-refractivity contribution is -0.119. The first-order chi connectivity index (χ1) is 12.9. The normalized spacial score (nSPS) is 16.3. The number of hydrogen-bond donors (Lipinski definition) is 1. The maximum absolute atomic E-state index is 12.8. The smallest absolute Gasteiger partial charge is 0.240 e. The summed E-state index contributed by atoms with van der Waals surface area (Å²) in [5, 5.41) is 0.662. The average molecular weight is 405 g/mol. The number of nitrogens with one attached hydrogen (secondary N) is 1. The molecule has 0 aliphatic carbocycles. The largest absolute Gasteiger partial charge is 0.312 e. The molecule has 1 N–H and O–H groups in total. The van der Waals surface area contributed by atoms with E-state index in [1.54, 1.807) is 24.3 Å². The molecular formula is C20H21ClN2O3S. The summed E-state index contributed by atoms with van der Waals surface area (Å²) in [5.74, 6) is 0.139. The molecular weight excluding hydrogens is 384 g/mol. The maximum Gasteiger partial charge on any atom is 0.240 e. The summed E-state index contributed by atoms with van der Waals surface area (Å²) in [6, 6.07) is 10.8. The molecule has 5 nitrogen and oxygen atoms in total. The van der Waals surface area contributed by atoms with Gasteiger partial charge in [0, 0.05) is 24.5 Å². The summed E-state index contributed by atoms with van der Waals surface area (Å²) in [6.07, 6.45) is 3.31. The number of amides is 1. The molecule has 0 aromatic heterocycles. The first-order valence-corrected chi connectivity index (χ1v) is 11.0. The fourth-order valence-electron chi connectivity index (χ4n) is 3.84. The van der Waals surface area contributed by atoms with Gasteiger partial charge in [0.25, 0.3) is 0 Å². The molecule has 2 heterocycles. The quantitative estimate of drug-likeness (QED) is 0.832. The Bertz CT molecular complexity index is 970. The second kappa shape index (κ2) is 7.26. The zero-order valence-corrected chi connectivity index (χ0v) is 16.4. The second-order valence-electron chi connectivity index (χ2n) is 7.01. The molecule has 0 unspecified atom stereocenters. The highest BCUT2D eigenvalue weighted by atomic mass is 35.5. The maximum atomic E-state index is 12.8. The molecule has 142 valence electrons. The van der Waals surface area contributed by atoms with Crippen LogP contribution >= 0.6 is 11.6 Å². The highest BCUT2D eigenvalue weighted by molar-refractivity contribution is 7.89. The SMILES string of the molecule is O=C1CCc2cc(S(=O)(=O)NCCc3ccc(Cl)cc3)cc3c2N1CCC3. The second-order valence-corrected chi connectivity index (χ2v) is 9.22. The highest BCUT2D eigenvalue weighted by Gasteiger charge is 2.31. The number of nitrogens with zero attached hydrogens (tertiary/aromatic N) is 1. The number of benzene rings is 2. The van der Waals surface area contributed by atoms with Crippen LogP contribution in [0.3, 0.4) is 0 Å². The van der Waals surface area contributed by atoms with E-state index in [1.165, 1.54) is 0 Å². The van der Waals surface area contributed by atoms with Crippen LogP contribution in [0.1, 0.15) is 29.5 Å². The fourth-order valence-corrected chi connectivity index (χ4v) is 5.10. The van der Waals surface area contributed by atoms with Crippen LogP contribution in [0, 0.1) is 0 Å². The van der Waals surface area contributed by atoms with Crippen molar-refractivity contribution in [1.82, 2.24) is 4.72 Å². The molecule has 2 aromatic carbocycles. The Kier molecular flexibility index (Phi) is 4.97. The van der Waals surface area contributed by atoms with E-state index in [0.29, 0.717) is 35.7 Å². The number of carbonyl (C=O) groups is 1. The molecule has 0 atom stereocenters. The topological polar surface area (TPSA) is 66.5 Å². The standard InChI is InChI=1S/C20H21ClN2O3S/c21-17-6-3-14(4-7-17)9-10-22-27(25,26)18-12-15-2-1-11-23-19(24)8-5-16(13-18)20(15)23/h3-4,6-7,12-13,22H,1-2,5,8-11H2. The molecule has 0 radical (unpaired) electrons. The molecule has 27 heavy (non-hydrogen) atoms. The van der Waals surface area contributed by atoms with Gasteiger partial charge in [-0.3, -0.25) is 4.79 Å². The zero-order valence-electron chi connectivity index (χ0n) is 14.9. The van der Waals surface area contributed by atoms with Gasteiger partial charge in [-0.1, -0.05) is 23.7 Å². The lowest BCUT2D eigenvalue weighted by Crippen LogP contribution is -2.39. The van der Waals surface area contributed by atoms with Gasteiger partial charge < -0.3 is 4.90 Å². The van der Waals surface area contributed by atoms with Crippen LogP contribution < -0.4 is 9.62 Å². The van der Waals surface area contributed by atoms with E-state index in [0.717, 1.165) is 41.8 Å². The monoisotopic (exact) mass is 404 g/mol. The van der Waals surface area contributed by atoms with Crippen molar-refractivity contribution in [1.29, 1.82) is 0 Å². The van der Waals surface area contributed by atoms with Gasteiger partial charge in [-0.15, -0.1) is 0 Å². The van der Waals surface area contributed by atoms with Gasteiger partial charge in [0.1, 0.15) is 0 Å². The first-order valence-electron chi connectivity index (χ1n) is 9.14. The van der Waals surface area contributed by atoms with E-state index in [9.17, 15) is 13.2 Å². The van der Waals surface area contributed by atoms with Gasteiger partial charge in [0.15, 0.2) is 0 Å². The van der Waals surface area contributed by atoms with Gasteiger partial charge in [-0.05, 0) is 66.6 Å². The van der Waals surface area contributed by atoms with Crippen LogP contribution in [0.15, 0.2) is 41.3 Å². The summed E-state index contributed by atoms with van der Waals surface area (Å²) >= 11 is 5.87. The highest BCUT2D eigenvalue weighted by Crippen LogP contribution is 2.37. The Hall–Kier alpha value is -1.89. The Morgan fingerprint density at radius 2 is 1.74 bits per heavy atom. The number of rotatable bonds is 5. The molecule has 2 aromatic rings. The first kappa shape index (κ1) is 18.5. The fraction of sp³-hybridized carbons (Fsp3) is 0.350. The van der Waals surface area contributed by atoms with Crippen LogP contribution in [0.25, 0.3) is 0 Å². The summed E-state index contributed by atoms with van der Waals surface area (Å²) < 4.78 is 28.3. The molecule has 0 saturated carbocycles. The third-order valence-corrected chi connectivity index (χ3v) is 6.87. The van der Waals surface area contributed by atoms with Gasteiger partial charge in [-0.25, -0.2) is 13.1 Å². The predicted octanol–water partition coefficient (Wildman–Crippen LogP) is 3.09. The summed E-state index contributed by atoms with van der Waals surface area (Å²) in [6.45, 7) is 1.05. The minimum Gasteiger partial charge on any atom is -0.312 e. The summed E-state index contributed by atoms with van der Waals surface area (Å²) in [7, 11) is -3.59. The Labute approximate surface area is 164 Å². The number of anilines is 1. The van der Waals surface area contributed by atoms with Crippen molar-refractivity contribution in [3.8, 4) is 0 Å². The van der Waals surface area contributed by atoms with Crippen molar-refractivity contribution in [3.05, 3.63) is 58.1 Å². The molecule has 0 spiro atoms. The molecule has 2 aliphatic rings. The minimum absolute atomic E-state index is 0.139. The van der Waals surface area contributed by atoms with E-state index in [2.05, 4.69) is 4.72 Å². The van der Waals surface area contributed by atoms with Gasteiger partial charge in [0.2, 0.25) is 15.9 Å². The van der Waals surface area contributed by atoms with Crippen LogP contribution in [-0.4, -0.2) is 27.4 Å². The number of aryl methyl sites for hydroxylation is 2. The van der Waals surface area contributed by atoms with Crippen LogP contribution in [0.2, 0.25) is 5.02 Å². The van der Waals surface area contributed by atoms with Crippen molar-refractivity contribution in [2.75, 3.05) is 18.0 Å². The Morgan fingerprint density at radius 1 is 1.04 bits per heavy atom.